The first-order valence-electron chi connectivity index (χ1n) is 9.99. The van der Waals surface area contributed by atoms with Crippen LogP contribution in [0.25, 0.3) is 0 Å². The molecule has 1 fully saturated rings. The Kier molecular flexibility index (Phi) is 6.45. The molecule has 0 bridgehead atoms. The molecule has 9 heteroatoms. The molecular weight excluding hydrogens is 423 g/mol. The van der Waals surface area contributed by atoms with E-state index in [2.05, 4.69) is 5.32 Å². The largest absolute Gasteiger partial charge is 0.506 e. The number of sulfone groups is 1. The predicted octanol–water partition coefficient (Wildman–Crippen LogP) is 3.98. The van der Waals surface area contributed by atoms with Gasteiger partial charge in [0.2, 0.25) is 9.84 Å². The third-order valence-electron chi connectivity index (χ3n) is 4.87. The quantitative estimate of drug-likeness (QED) is 0.684. The smallest absolute Gasteiger partial charge is 0.410 e. The van der Waals surface area contributed by atoms with Crippen molar-refractivity contribution in [2.45, 2.75) is 54.8 Å². The molecule has 1 heterocycles. The number of phenolic OH excluding ortho intramolecular Hbond substituents is 1. The SMILES string of the molecule is CC(C)(C)OC(=O)N1CCC(Nc2cc(S(=O)(=O)c3ccccc3)ccc2O)C(F)C1. The number of carbonyl (C=O) groups excluding carboxylic acids is 1. The summed E-state index contributed by atoms with van der Waals surface area (Å²) in [5, 5.41) is 13.1. The fraction of sp³-hybridized carbons (Fsp3) is 0.409. The molecule has 1 amide bonds. The lowest BCUT2D eigenvalue weighted by Crippen LogP contribution is -2.51. The van der Waals surface area contributed by atoms with Crippen molar-refractivity contribution in [1.82, 2.24) is 4.90 Å². The monoisotopic (exact) mass is 450 g/mol. The Morgan fingerprint density at radius 3 is 2.45 bits per heavy atom. The Bertz CT molecular complexity index is 1040. The first kappa shape index (κ1) is 22.9. The third-order valence-corrected chi connectivity index (χ3v) is 6.63. The number of piperidine rings is 1. The molecule has 2 N–H and O–H groups in total. The highest BCUT2D eigenvalue weighted by Crippen LogP contribution is 2.31. The fourth-order valence-corrected chi connectivity index (χ4v) is 4.60. The number of benzene rings is 2. The molecule has 168 valence electrons. The molecule has 0 spiro atoms. The number of rotatable bonds is 4. The standard InChI is InChI=1S/C22H27FN2O5S/c1-22(2,3)30-21(27)25-12-11-18(17(23)14-25)24-19-13-16(9-10-20(19)26)31(28,29)15-7-5-4-6-8-15/h4-10,13,17-18,24,26H,11-12,14H2,1-3H3. The fourth-order valence-electron chi connectivity index (χ4n) is 3.29. The van der Waals surface area contributed by atoms with Crippen LogP contribution < -0.4 is 5.32 Å². The number of nitrogens with zero attached hydrogens (tertiary/aromatic N) is 1. The molecule has 2 aromatic carbocycles. The molecule has 0 radical (unpaired) electrons. The Labute approximate surface area is 181 Å². The Morgan fingerprint density at radius 2 is 1.84 bits per heavy atom. The maximum atomic E-state index is 14.8. The molecule has 1 saturated heterocycles. The van der Waals surface area contributed by atoms with E-state index in [9.17, 15) is 22.7 Å². The van der Waals surface area contributed by atoms with Crippen LogP contribution in [0.2, 0.25) is 0 Å². The predicted molar refractivity (Wildman–Crippen MR) is 115 cm³/mol. The molecule has 2 atom stereocenters. The summed E-state index contributed by atoms with van der Waals surface area (Å²) in [6.45, 7) is 5.34. The van der Waals surface area contributed by atoms with Crippen molar-refractivity contribution in [3.63, 3.8) is 0 Å². The summed E-state index contributed by atoms with van der Waals surface area (Å²) in [7, 11) is -3.78. The van der Waals surface area contributed by atoms with Crippen LogP contribution in [0.3, 0.4) is 0 Å². The van der Waals surface area contributed by atoms with Gasteiger partial charge in [0.25, 0.3) is 0 Å². The van der Waals surface area contributed by atoms with Gasteiger partial charge in [-0.25, -0.2) is 17.6 Å². The summed E-state index contributed by atoms with van der Waals surface area (Å²) in [6, 6.07) is 11.1. The Morgan fingerprint density at radius 1 is 1.16 bits per heavy atom. The van der Waals surface area contributed by atoms with E-state index in [1.54, 1.807) is 39.0 Å². The molecule has 1 aliphatic heterocycles. The summed E-state index contributed by atoms with van der Waals surface area (Å²) in [6.07, 6.45) is -1.72. The highest BCUT2D eigenvalue weighted by Gasteiger charge is 2.34. The van der Waals surface area contributed by atoms with Gasteiger partial charge in [0.1, 0.15) is 17.5 Å². The van der Waals surface area contributed by atoms with Crippen LogP contribution in [0.1, 0.15) is 27.2 Å². The first-order chi connectivity index (χ1) is 14.5. The number of halogens is 1. The number of carbonyl (C=O) groups is 1. The topological polar surface area (TPSA) is 95.9 Å². The van der Waals surface area contributed by atoms with Gasteiger partial charge in [0, 0.05) is 6.54 Å². The summed E-state index contributed by atoms with van der Waals surface area (Å²) >= 11 is 0. The second-order valence-electron chi connectivity index (χ2n) is 8.48. The number of hydrogen-bond donors (Lipinski definition) is 2. The van der Waals surface area contributed by atoms with Gasteiger partial charge in [-0.3, -0.25) is 0 Å². The number of hydrogen-bond acceptors (Lipinski definition) is 6. The van der Waals surface area contributed by atoms with Crippen LogP contribution >= 0.6 is 0 Å². The van der Waals surface area contributed by atoms with E-state index in [0.29, 0.717) is 0 Å². The van der Waals surface area contributed by atoms with Gasteiger partial charge >= 0.3 is 6.09 Å². The van der Waals surface area contributed by atoms with Gasteiger partial charge in [-0.1, -0.05) is 18.2 Å². The molecule has 0 saturated carbocycles. The second-order valence-corrected chi connectivity index (χ2v) is 10.4. The van der Waals surface area contributed by atoms with E-state index in [1.165, 1.54) is 35.2 Å². The van der Waals surface area contributed by atoms with E-state index >= 15 is 0 Å². The van der Waals surface area contributed by atoms with Crippen molar-refractivity contribution in [1.29, 1.82) is 0 Å². The average Bonchev–Trinajstić information content (AvgIpc) is 2.70. The molecule has 0 aromatic heterocycles. The van der Waals surface area contributed by atoms with Crippen molar-refractivity contribution in [2.75, 3.05) is 18.4 Å². The van der Waals surface area contributed by atoms with Gasteiger partial charge in [-0.05, 0) is 57.5 Å². The average molecular weight is 451 g/mol. The third kappa shape index (κ3) is 5.46. The van der Waals surface area contributed by atoms with E-state index in [4.69, 9.17) is 4.74 Å². The summed E-state index contributed by atoms with van der Waals surface area (Å²) in [5.74, 6) is -0.186. The molecule has 7 nitrogen and oxygen atoms in total. The number of aromatic hydroxyl groups is 1. The van der Waals surface area contributed by atoms with Gasteiger partial charge < -0.3 is 20.1 Å². The van der Waals surface area contributed by atoms with E-state index in [1.807, 2.05) is 0 Å². The molecule has 31 heavy (non-hydrogen) atoms. The van der Waals surface area contributed by atoms with E-state index in [-0.39, 0.29) is 40.7 Å². The number of anilines is 1. The molecule has 0 aliphatic carbocycles. The lowest BCUT2D eigenvalue weighted by atomic mass is 10.0. The van der Waals surface area contributed by atoms with Crippen molar-refractivity contribution >= 4 is 21.6 Å². The number of amides is 1. The van der Waals surface area contributed by atoms with Crippen molar-refractivity contribution in [2.24, 2.45) is 0 Å². The van der Waals surface area contributed by atoms with E-state index in [0.717, 1.165) is 0 Å². The minimum absolute atomic E-state index is 0.0133. The molecule has 2 unspecified atom stereocenters. The van der Waals surface area contributed by atoms with Crippen LogP contribution in [0.5, 0.6) is 5.75 Å². The molecule has 1 aliphatic rings. The van der Waals surface area contributed by atoms with Gasteiger partial charge in [0.05, 0.1) is 28.1 Å². The van der Waals surface area contributed by atoms with Crippen molar-refractivity contribution in [3.05, 3.63) is 48.5 Å². The maximum absolute atomic E-state index is 14.8. The first-order valence-corrected chi connectivity index (χ1v) is 11.5. The highest BCUT2D eigenvalue weighted by atomic mass is 32.2. The zero-order valence-corrected chi connectivity index (χ0v) is 18.5. The van der Waals surface area contributed by atoms with Gasteiger partial charge in [-0.2, -0.15) is 0 Å². The van der Waals surface area contributed by atoms with Crippen LogP contribution in [0.4, 0.5) is 14.9 Å². The zero-order chi connectivity index (χ0) is 22.8. The lowest BCUT2D eigenvalue weighted by Gasteiger charge is -2.36. The van der Waals surface area contributed by atoms with Crippen molar-refractivity contribution < 1.29 is 27.4 Å². The Balaban J connectivity index is 1.74. The number of nitrogens with one attached hydrogen (secondary N) is 1. The summed E-state index contributed by atoms with van der Waals surface area (Å²) < 4.78 is 45.8. The van der Waals surface area contributed by atoms with Crippen LogP contribution in [-0.4, -0.2) is 55.4 Å². The lowest BCUT2D eigenvalue weighted by molar-refractivity contribution is 0.0125. The zero-order valence-electron chi connectivity index (χ0n) is 17.7. The normalized spacial score (nSPS) is 19.7. The van der Waals surface area contributed by atoms with Crippen LogP contribution in [0, 0.1) is 0 Å². The van der Waals surface area contributed by atoms with Gasteiger partial charge in [0.15, 0.2) is 0 Å². The van der Waals surface area contributed by atoms with Gasteiger partial charge in [-0.15, -0.1) is 0 Å². The molecule has 3 rings (SSSR count). The number of alkyl halides is 1. The van der Waals surface area contributed by atoms with E-state index < -0.39 is 33.7 Å². The number of phenols is 1. The molecule has 2 aromatic rings. The summed E-state index contributed by atoms with van der Waals surface area (Å²) in [4.78, 5) is 13.6. The van der Waals surface area contributed by atoms with Crippen molar-refractivity contribution in [3.8, 4) is 5.75 Å². The minimum Gasteiger partial charge on any atom is -0.506 e. The minimum atomic E-state index is -3.78. The second kappa shape index (κ2) is 8.74. The number of likely N-dealkylation sites (tertiary alicyclic amines) is 1. The highest BCUT2D eigenvalue weighted by molar-refractivity contribution is 7.91. The van der Waals surface area contributed by atoms with Crippen LogP contribution in [-0.2, 0) is 14.6 Å². The Hall–Kier alpha value is -2.81. The summed E-state index contributed by atoms with van der Waals surface area (Å²) in [5.41, 5.74) is -0.551. The number of ether oxygens (including phenoxy) is 1. The maximum Gasteiger partial charge on any atom is 0.410 e. The molecular formula is C22H27FN2O5S. The van der Waals surface area contributed by atoms with Crippen LogP contribution in [0.15, 0.2) is 58.3 Å².